The van der Waals surface area contributed by atoms with Gasteiger partial charge in [-0.3, -0.25) is 4.90 Å². The maximum absolute atomic E-state index is 13.5. The number of halogens is 2. The van der Waals surface area contributed by atoms with Crippen molar-refractivity contribution in [2.75, 3.05) is 38.7 Å². The second-order valence-corrected chi connectivity index (χ2v) is 7.49. The Balaban J connectivity index is 1.84. The van der Waals surface area contributed by atoms with E-state index in [1.54, 1.807) is 26.2 Å². The predicted octanol–water partition coefficient (Wildman–Crippen LogP) is 4.26. The van der Waals surface area contributed by atoms with E-state index in [1.807, 2.05) is 13.0 Å². The first-order chi connectivity index (χ1) is 14.9. The molecule has 2 aromatic carbocycles. The zero-order valence-electron chi connectivity index (χ0n) is 17.7. The molecule has 1 atom stereocenters. The van der Waals surface area contributed by atoms with Gasteiger partial charge in [0, 0.05) is 30.2 Å². The molecule has 0 aliphatic rings. The number of anilines is 2. The maximum atomic E-state index is 13.5. The van der Waals surface area contributed by atoms with Gasteiger partial charge < -0.3 is 19.9 Å². The maximum Gasteiger partial charge on any atom is 0.162 e. The van der Waals surface area contributed by atoms with Gasteiger partial charge in [-0.1, -0.05) is 18.5 Å². The van der Waals surface area contributed by atoms with E-state index < -0.39 is 11.9 Å². The molecule has 31 heavy (non-hydrogen) atoms. The van der Waals surface area contributed by atoms with Crippen molar-refractivity contribution < 1.29 is 19.0 Å². The van der Waals surface area contributed by atoms with Gasteiger partial charge in [-0.15, -0.1) is 0 Å². The molecule has 9 heteroatoms. The summed E-state index contributed by atoms with van der Waals surface area (Å²) in [6, 6.07) is 7.96. The Labute approximate surface area is 185 Å². The van der Waals surface area contributed by atoms with E-state index in [0.717, 1.165) is 11.9 Å². The summed E-state index contributed by atoms with van der Waals surface area (Å²) in [7, 11) is 1.57. The summed E-state index contributed by atoms with van der Waals surface area (Å²) >= 11 is 5.89. The van der Waals surface area contributed by atoms with Crippen LogP contribution >= 0.6 is 11.6 Å². The van der Waals surface area contributed by atoms with Gasteiger partial charge in [-0.05, 0) is 37.7 Å². The highest BCUT2D eigenvalue weighted by Crippen LogP contribution is 2.35. The number of benzene rings is 2. The van der Waals surface area contributed by atoms with E-state index in [2.05, 4.69) is 20.2 Å². The van der Waals surface area contributed by atoms with Gasteiger partial charge in [0.05, 0.1) is 23.8 Å². The molecule has 0 aliphatic heterocycles. The third-order valence-electron chi connectivity index (χ3n) is 4.74. The number of hydrogen-bond acceptors (Lipinski definition) is 7. The van der Waals surface area contributed by atoms with Gasteiger partial charge in [-0.25, -0.2) is 14.4 Å². The molecule has 0 fully saturated rings. The quantitative estimate of drug-likeness (QED) is 0.479. The molecule has 0 unspecified atom stereocenters. The number of nitrogens with zero attached hydrogens (tertiary/aromatic N) is 3. The molecule has 1 heterocycles. The summed E-state index contributed by atoms with van der Waals surface area (Å²) in [5.74, 6) is 1.15. The van der Waals surface area contributed by atoms with Crippen molar-refractivity contribution in [2.24, 2.45) is 0 Å². The molecule has 7 nitrogen and oxygen atoms in total. The molecule has 0 radical (unpaired) electrons. The summed E-state index contributed by atoms with van der Waals surface area (Å²) in [6.07, 6.45) is 1.03. The molecular weight excluding hydrogens is 423 g/mol. The fourth-order valence-electron chi connectivity index (χ4n) is 3.18. The number of methoxy groups -OCH3 is 1. The first-order valence-corrected chi connectivity index (χ1v) is 10.4. The van der Waals surface area contributed by atoms with Crippen molar-refractivity contribution in [1.29, 1.82) is 0 Å². The Bertz CT molecular complexity index is 1040. The average Bonchev–Trinajstić information content (AvgIpc) is 2.75. The number of rotatable bonds is 10. The van der Waals surface area contributed by atoms with Crippen molar-refractivity contribution in [3.05, 3.63) is 47.5 Å². The summed E-state index contributed by atoms with van der Waals surface area (Å²) in [4.78, 5) is 10.7. The number of nitrogens with one attached hydrogen (secondary N) is 1. The summed E-state index contributed by atoms with van der Waals surface area (Å²) < 4.78 is 24.9. The second kappa shape index (κ2) is 10.6. The standard InChI is InChI=1S/C22H26ClFN4O3/c1-4-28(12-14(2)29)7-8-31-21-10-16-19(11-20(21)30-3)25-13-26-22(16)27-15-5-6-18(24)17(23)9-15/h5-6,9-11,13-14,29H,4,7-8,12H2,1-3H3,(H,25,26,27)/t14-/m0/s1. The molecule has 0 amide bonds. The van der Waals surface area contributed by atoms with Crippen molar-refractivity contribution in [1.82, 2.24) is 14.9 Å². The number of fused-ring (bicyclic) bond motifs is 1. The van der Waals surface area contributed by atoms with Crippen molar-refractivity contribution in [3.63, 3.8) is 0 Å². The SMILES string of the molecule is CCN(CCOc1cc2c(Nc3ccc(F)c(Cl)c3)ncnc2cc1OC)C[C@H](C)O. The average molecular weight is 449 g/mol. The van der Waals surface area contributed by atoms with Gasteiger partial charge in [0.15, 0.2) is 11.5 Å². The zero-order chi connectivity index (χ0) is 22.4. The number of aliphatic hydroxyl groups excluding tert-OH is 1. The lowest BCUT2D eigenvalue weighted by molar-refractivity contribution is 0.118. The van der Waals surface area contributed by atoms with E-state index in [9.17, 15) is 9.50 Å². The smallest absolute Gasteiger partial charge is 0.162 e. The van der Waals surface area contributed by atoms with Crippen molar-refractivity contribution in [3.8, 4) is 11.5 Å². The van der Waals surface area contributed by atoms with Crippen molar-refractivity contribution in [2.45, 2.75) is 20.0 Å². The summed E-state index contributed by atoms with van der Waals surface area (Å²) in [5.41, 5.74) is 1.26. The highest BCUT2D eigenvalue weighted by molar-refractivity contribution is 6.31. The minimum absolute atomic E-state index is 0.0201. The zero-order valence-corrected chi connectivity index (χ0v) is 18.5. The van der Waals surface area contributed by atoms with Crippen LogP contribution in [0.25, 0.3) is 10.9 Å². The second-order valence-electron chi connectivity index (χ2n) is 7.09. The van der Waals surface area contributed by atoms with E-state index in [-0.39, 0.29) is 5.02 Å². The molecule has 166 valence electrons. The molecule has 3 aromatic rings. The number of aliphatic hydroxyl groups is 1. The topological polar surface area (TPSA) is 79.7 Å². The highest BCUT2D eigenvalue weighted by atomic mass is 35.5. The number of likely N-dealkylation sites (N-methyl/N-ethyl adjacent to an activating group) is 1. The molecule has 3 rings (SSSR count). The van der Waals surface area contributed by atoms with E-state index in [0.29, 0.717) is 48.2 Å². The summed E-state index contributed by atoms with van der Waals surface area (Å²) in [5, 5.41) is 13.5. The van der Waals surface area contributed by atoms with Crippen LogP contribution in [0.2, 0.25) is 5.02 Å². The van der Waals surface area contributed by atoms with E-state index >= 15 is 0 Å². The van der Waals surface area contributed by atoms with Gasteiger partial charge in [0.2, 0.25) is 0 Å². The Kier molecular flexibility index (Phi) is 7.84. The van der Waals surface area contributed by atoms with Crippen LogP contribution in [0.3, 0.4) is 0 Å². The molecule has 0 saturated heterocycles. The van der Waals surface area contributed by atoms with Crippen LogP contribution in [-0.4, -0.2) is 59.4 Å². The molecule has 0 saturated carbocycles. The largest absolute Gasteiger partial charge is 0.493 e. The van der Waals surface area contributed by atoms with Gasteiger partial charge >= 0.3 is 0 Å². The third kappa shape index (κ3) is 5.94. The Morgan fingerprint density at radius 2 is 2.03 bits per heavy atom. The van der Waals surface area contributed by atoms with Crippen LogP contribution in [0, 0.1) is 5.82 Å². The molecule has 1 aromatic heterocycles. The van der Waals surface area contributed by atoms with Crippen LogP contribution in [0.5, 0.6) is 11.5 Å². The Hall–Kier alpha value is -2.68. The number of ether oxygens (including phenoxy) is 2. The third-order valence-corrected chi connectivity index (χ3v) is 5.03. The van der Waals surface area contributed by atoms with Crippen LogP contribution in [-0.2, 0) is 0 Å². The van der Waals surface area contributed by atoms with Crippen LogP contribution < -0.4 is 14.8 Å². The molecule has 0 bridgehead atoms. The summed E-state index contributed by atoms with van der Waals surface area (Å²) in [6.45, 7) is 6.27. The van der Waals surface area contributed by atoms with Gasteiger partial charge in [0.1, 0.15) is 24.6 Å². The number of hydrogen-bond donors (Lipinski definition) is 2. The van der Waals surface area contributed by atoms with Crippen molar-refractivity contribution >= 4 is 34.0 Å². The minimum Gasteiger partial charge on any atom is -0.493 e. The van der Waals surface area contributed by atoms with Crippen LogP contribution in [0.1, 0.15) is 13.8 Å². The monoisotopic (exact) mass is 448 g/mol. The number of aromatic nitrogens is 2. The van der Waals surface area contributed by atoms with E-state index in [4.69, 9.17) is 21.1 Å². The van der Waals surface area contributed by atoms with Crippen LogP contribution in [0.15, 0.2) is 36.7 Å². The predicted molar refractivity (Wildman–Crippen MR) is 120 cm³/mol. The first kappa shape index (κ1) is 23.0. The van der Waals surface area contributed by atoms with E-state index in [1.165, 1.54) is 18.5 Å². The van der Waals surface area contributed by atoms with Gasteiger partial charge in [-0.2, -0.15) is 0 Å². The Morgan fingerprint density at radius 1 is 1.23 bits per heavy atom. The lowest BCUT2D eigenvalue weighted by atomic mass is 10.2. The Morgan fingerprint density at radius 3 is 2.71 bits per heavy atom. The lowest BCUT2D eigenvalue weighted by Gasteiger charge is -2.22. The molecule has 0 aliphatic carbocycles. The van der Waals surface area contributed by atoms with Gasteiger partial charge in [0.25, 0.3) is 0 Å². The fourth-order valence-corrected chi connectivity index (χ4v) is 3.36. The molecule has 2 N–H and O–H groups in total. The van der Waals surface area contributed by atoms with Crippen LogP contribution in [0.4, 0.5) is 15.9 Å². The lowest BCUT2D eigenvalue weighted by Crippen LogP contribution is -2.34. The fraction of sp³-hybridized carbons (Fsp3) is 0.364. The molecular formula is C22H26ClFN4O3. The highest BCUT2D eigenvalue weighted by Gasteiger charge is 2.13. The first-order valence-electron chi connectivity index (χ1n) is 9.99. The molecule has 0 spiro atoms. The normalized spacial score (nSPS) is 12.2. The minimum atomic E-state index is -0.489.